The van der Waals surface area contributed by atoms with Crippen molar-refractivity contribution in [2.24, 2.45) is 7.05 Å². The zero-order chi connectivity index (χ0) is 17.3. The van der Waals surface area contributed by atoms with E-state index in [4.69, 9.17) is 4.74 Å². The van der Waals surface area contributed by atoms with Gasteiger partial charge in [-0.25, -0.2) is 9.69 Å². The van der Waals surface area contributed by atoms with Crippen molar-refractivity contribution in [2.45, 2.75) is 0 Å². The Hall–Kier alpha value is -3.35. The van der Waals surface area contributed by atoms with Crippen LogP contribution in [0.25, 0.3) is 6.08 Å². The third-order valence-corrected chi connectivity index (χ3v) is 3.71. The number of carbonyl (C=O) groups is 3. The molecule has 0 unspecified atom stereocenters. The van der Waals surface area contributed by atoms with Crippen LogP contribution in [0, 0.1) is 0 Å². The van der Waals surface area contributed by atoms with Crippen molar-refractivity contribution < 1.29 is 19.1 Å². The number of methoxy groups -OCH3 is 1. The van der Waals surface area contributed by atoms with Crippen molar-refractivity contribution in [3.05, 3.63) is 53.9 Å². The lowest BCUT2D eigenvalue weighted by Crippen LogP contribution is -2.54. The van der Waals surface area contributed by atoms with Crippen molar-refractivity contribution in [3.63, 3.8) is 0 Å². The summed E-state index contributed by atoms with van der Waals surface area (Å²) in [5, 5.41) is 2.19. The van der Waals surface area contributed by atoms with Crippen LogP contribution in [0.5, 0.6) is 5.75 Å². The molecule has 2 aromatic rings. The van der Waals surface area contributed by atoms with Gasteiger partial charge in [0, 0.05) is 18.9 Å². The fraction of sp³-hybridized carbons (Fsp3) is 0.118. The Labute approximate surface area is 138 Å². The molecule has 7 nitrogen and oxygen atoms in total. The number of amides is 4. The summed E-state index contributed by atoms with van der Waals surface area (Å²) >= 11 is 0. The normalized spacial score (nSPS) is 16.5. The third kappa shape index (κ3) is 2.67. The van der Waals surface area contributed by atoms with Gasteiger partial charge in [-0.2, -0.15) is 0 Å². The van der Waals surface area contributed by atoms with Crippen LogP contribution in [0.1, 0.15) is 5.69 Å². The molecule has 4 amide bonds. The topological polar surface area (TPSA) is 80.6 Å². The number of benzene rings is 1. The molecule has 1 N–H and O–H groups in total. The molecule has 1 aromatic carbocycles. The fourth-order valence-electron chi connectivity index (χ4n) is 2.40. The Balaban J connectivity index is 1.99. The van der Waals surface area contributed by atoms with E-state index < -0.39 is 17.8 Å². The number of urea groups is 1. The van der Waals surface area contributed by atoms with Crippen LogP contribution in [-0.4, -0.2) is 29.5 Å². The van der Waals surface area contributed by atoms with Crippen molar-refractivity contribution >= 4 is 29.6 Å². The average molecular weight is 325 g/mol. The lowest BCUT2D eigenvalue weighted by molar-refractivity contribution is -0.122. The molecule has 0 saturated carbocycles. The minimum Gasteiger partial charge on any atom is -0.497 e. The molecule has 2 heterocycles. The second kappa shape index (κ2) is 6.04. The maximum Gasteiger partial charge on any atom is 0.335 e. The molecule has 1 aliphatic rings. The molecule has 24 heavy (non-hydrogen) atoms. The lowest BCUT2D eigenvalue weighted by Gasteiger charge is -2.26. The number of barbiturate groups is 1. The number of carbonyl (C=O) groups excluding carboxylic acids is 3. The molecule has 1 aliphatic heterocycles. The first-order valence-electron chi connectivity index (χ1n) is 7.18. The predicted octanol–water partition coefficient (Wildman–Crippen LogP) is 1.70. The zero-order valence-corrected chi connectivity index (χ0v) is 13.1. The van der Waals surface area contributed by atoms with Gasteiger partial charge in [-0.3, -0.25) is 14.9 Å². The van der Waals surface area contributed by atoms with Crippen LogP contribution in [-0.2, 0) is 16.6 Å². The summed E-state index contributed by atoms with van der Waals surface area (Å²) < 4.78 is 6.83. The second-order valence-electron chi connectivity index (χ2n) is 5.20. The zero-order valence-electron chi connectivity index (χ0n) is 13.1. The number of imide groups is 2. The Morgan fingerprint density at radius 2 is 1.79 bits per heavy atom. The number of hydrogen-bond donors (Lipinski definition) is 1. The first kappa shape index (κ1) is 15.5. The van der Waals surface area contributed by atoms with Crippen LogP contribution in [0.3, 0.4) is 0 Å². The molecule has 0 atom stereocenters. The highest BCUT2D eigenvalue weighted by molar-refractivity contribution is 6.39. The lowest BCUT2D eigenvalue weighted by atomic mass is 10.1. The van der Waals surface area contributed by atoms with Crippen molar-refractivity contribution in [1.82, 2.24) is 9.88 Å². The van der Waals surface area contributed by atoms with Gasteiger partial charge in [0.25, 0.3) is 11.8 Å². The minimum absolute atomic E-state index is 0.104. The number of nitrogens with one attached hydrogen (secondary N) is 1. The van der Waals surface area contributed by atoms with Crippen LogP contribution in [0.4, 0.5) is 10.5 Å². The van der Waals surface area contributed by atoms with E-state index in [2.05, 4.69) is 5.32 Å². The Morgan fingerprint density at radius 3 is 2.38 bits per heavy atom. The van der Waals surface area contributed by atoms with Gasteiger partial charge in [-0.05, 0) is 42.5 Å². The molecular weight excluding hydrogens is 310 g/mol. The van der Waals surface area contributed by atoms with Crippen molar-refractivity contribution in [3.8, 4) is 5.75 Å². The van der Waals surface area contributed by atoms with E-state index in [9.17, 15) is 14.4 Å². The molecule has 1 saturated heterocycles. The third-order valence-electron chi connectivity index (χ3n) is 3.71. The molecule has 1 aromatic heterocycles. The molecule has 0 aliphatic carbocycles. The largest absolute Gasteiger partial charge is 0.497 e. The van der Waals surface area contributed by atoms with Crippen LogP contribution in [0.2, 0.25) is 0 Å². The highest BCUT2D eigenvalue weighted by Gasteiger charge is 2.36. The SMILES string of the molecule is COc1ccc(N2C(=O)NC(=O)C(=Cc3cccn3C)C2=O)cc1. The minimum atomic E-state index is -0.779. The maximum absolute atomic E-state index is 12.7. The summed E-state index contributed by atoms with van der Waals surface area (Å²) in [6.07, 6.45) is 3.25. The Kier molecular flexibility index (Phi) is 3.91. The summed E-state index contributed by atoms with van der Waals surface area (Å²) in [6, 6.07) is 9.20. The predicted molar refractivity (Wildman–Crippen MR) is 87.4 cm³/mol. The quantitative estimate of drug-likeness (QED) is 0.688. The van der Waals surface area contributed by atoms with Crippen LogP contribution >= 0.6 is 0 Å². The first-order valence-corrected chi connectivity index (χ1v) is 7.18. The van der Waals surface area contributed by atoms with E-state index in [1.807, 2.05) is 0 Å². The number of anilines is 1. The maximum atomic E-state index is 12.7. The number of ether oxygens (including phenoxy) is 1. The summed E-state index contributed by atoms with van der Waals surface area (Å²) in [5.41, 5.74) is 0.924. The number of hydrogen-bond acceptors (Lipinski definition) is 4. The van der Waals surface area contributed by atoms with E-state index in [1.165, 1.54) is 13.2 Å². The van der Waals surface area contributed by atoms with E-state index in [1.54, 1.807) is 54.2 Å². The van der Waals surface area contributed by atoms with Gasteiger partial charge in [-0.15, -0.1) is 0 Å². The summed E-state index contributed by atoms with van der Waals surface area (Å²) in [7, 11) is 3.32. The van der Waals surface area contributed by atoms with Gasteiger partial charge in [0.05, 0.1) is 12.8 Å². The standard InChI is InChI=1S/C17H15N3O4/c1-19-9-3-4-12(19)10-14-15(21)18-17(23)20(16(14)22)11-5-7-13(24-2)8-6-11/h3-10H,1-2H3,(H,18,21,23). The van der Waals surface area contributed by atoms with E-state index in [-0.39, 0.29) is 5.57 Å². The Bertz CT molecular complexity index is 849. The van der Waals surface area contributed by atoms with E-state index in [0.29, 0.717) is 17.1 Å². The fourth-order valence-corrected chi connectivity index (χ4v) is 2.40. The van der Waals surface area contributed by atoms with Crippen molar-refractivity contribution in [1.29, 1.82) is 0 Å². The number of aryl methyl sites for hydroxylation is 1. The van der Waals surface area contributed by atoms with E-state index in [0.717, 1.165) is 4.90 Å². The second-order valence-corrected chi connectivity index (χ2v) is 5.20. The van der Waals surface area contributed by atoms with E-state index >= 15 is 0 Å². The average Bonchev–Trinajstić information content (AvgIpc) is 2.97. The number of rotatable bonds is 3. The highest BCUT2D eigenvalue weighted by Crippen LogP contribution is 2.24. The highest BCUT2D eigenvalue weighted by atomic mass is 16.5. The molecule has 122 valence electrons. The van der Waals surface area contributed by atoms with Gasteiger partial charge in [0.1, 0.15) is 11.3 Å². The molecule has 0 bridgehead atoms. The van der Waals surface area contributed by atoms with Crippen molar-refractivity contribution in [2.75, 3.05) is 12.0 Å². The van der Waals surface area contributed by atoms with Crippen LogP contribution in [0.15, 0.2) is 48.2 Å². The first-order chi connectivity index (χ1) is 11.5. The molecule has 7 heteroatoms. The van der Waals surface area contributed by atoms with Crippen LogP contribution < -0.4 is 15.0 Å². The summed E-state index contributed by atoms with van der Waals surface area (Å²) in [5.74, 6) is -0.787. The van der Waals surface area contributed by atoms with Gasteiger partial charge in [-0.1, -0.05) is 0 Å². The molecular formula is C17H15N3O4. The molecule has 0 radical (unpaired) electrons. The van der Waals surface area contributed by atoms with Gasteiger partial charge in [0.15, 0.2) is 0 Å². The number of nitrogens with zero attached hydrogens (tertiary/aromatic N) is 2. The monoisotopic (exact) mass is 325 g/mol. The van der Waals surface area contributed by atoms with Gasteiger partial charge < -0.3 is 9.30 Å². The number of aromatic nitrogens is 1. The van der Waals surface area contributed by atoms with Gasteiger partial charge >= 0.3 is 6.03 Å². The summed E-state index contributed by atoms with van der Waals surface area (Å²) in [6.45, 7) is 0. The smallest absolute Gasteiger partial charge is 0.335 e. The molecule has 1 fully saturated rings. The Morgan fingerprint density at radius 1 is 1.08 bits per heavy atom. The summed E-state index contributed by atoms with van der Waals surface area (Å²) in [4.78, 5) is 37.7. The molecule has 0 spiro atoms. The van der Waals surface area contributed by atoms with Gasteiger partial charge in [0.2, 0.25) is 0 Å². The molecule has 3 rings (SSSR count).